The van der Waals surface area contributed by atoms with Crippen molar-refractivity contribution in [2.75, 3.05) is 13.6 Å². The van der Waals surface area contributed by atoms with Crippen LogP contribution < -0.4 is 5.32 Å². The predicted octanol–water partition coefficient (Wildman–Crippen LogP) is 0.431. The lowest BCUT2D eigenvalue weighted by atomic mass is 10.5. The van der Waals surface area contributed by atoms with Crippen molar-refractivity contribution in [3.8, 4) is 0 Å². The van der Waals surface area contributed by atoms with Crippen LogP contribution in [0.5, 0.6) is 0 Å². The molecule has 2 nitrogen and oxygen atoms in total. The van der Waals surface area contributed by atoms with Gasteiger partial charge in [-0.2, -0.15) is 0 Å². The van der Waals surface area contributed by atoms with Gasteiger partial charge in [0, 0.05) is 0 Å². The van der Waals surface area contributed by atoms with Gasteiger partial charge in [-0.25, -0.2) is 0 Å². The third-order valence-electron chi connectivity index (χ3n) is 0.426. The van der Waals surface area contributed by atoms with Gasteiger partial charge >= 0.3 is 0 Å². The normalized spacial score (nSPS) is 7.14. The van der Waals surface area contributed by atoms with E-state index in [2.05, 4.69) is 5.32 Å². The van der Waals surface area contributed by atoms with Gasteiger partial charge in [0.2, 0.25) is 0 Å². The van der Waals surface area contributed by atoms with E-state index in [0.29, 0.717) is 6.54 Å². The van der Waals surface area contributed by atoms with Crippen LogP contribution in [0.25, 0.3) is 0 Å². The van der Waals surface area contributed by atoms with Gasteiger partial charge in [0.25, 0.3) is 0 Å². The van der Waals surface area contributed by atoms with Crippen molar-refractivity contribution in [2.24, 2.45) is 0 Å². The van der Waals surface area contributed by atoms with Crippen LogP contribution in [0.1, 0.15) is 14.4 Å². The molecule has 0 aliphatic rings. The minimum Gasteiger partial charge on any atom is -0.313 e. The minimum absolute atomic E-state index is 0. The first-order chi connectivity index (χ1) is 2.77. The summed E-state index contributed by atoms with van der Waals surface area (Å²) in [6, 6.07) is 0. The average Bonchev–Trinajstić information content (AvgIpc) is 1.35. The number of ketones is 1. The maximum absolute atomic E-state index is 9.98. The summed E-state index contributed by atoms with van der Waals surface area (Å²) < 4.78 is 0. The second-order valence-corrected chi connectivity index (χ2v) is 1.23. The van der Waals surface area contributed by atoms with Gasteiger partial charge in [0.1, 0.15) is 5.78 Å². The largest absolute Gasteiger partial charge is 0.313 e. The van der Waals surface area contributed by atoms with Crippen LogP contribution in [-0.2, 0) is 4.79 Å². The number of hydrogen-bond donors (Lipinski definition) is 1. The molecule has 0 saturated carbocycles. The fraction of sp³-hybridized carbons (Fsp3) is 0.800. The SMILES string of the molecule is C.CNCC(C)=O. The van der Waals surface area contributed by atoms with E-state index in [0.717, 1.165) is 0 Å². The van der Waals surface area contributed by atoms with E-state index in [9.17, 15) is 4.79 Å². The van der Waals surface area contributed by atoms with Crippen LogP contribution in [-0.4, -0.2) is 19.4 Å². The Kier molecular flexibility index (Phi) is 7.88. The molecule has 0 rings (SSSR count). The van der Waals surface area contributed by atoms with Crippen LogP contribution in [0.4, 0.5) is 0 Å². The molecule has 1 N–H and O–H groups in total. The number of carbonyl (C=O) groups excluding carboxylic acids is 1. The number of Topliss-reactive ketones (excluding diaryl/α,β-unsaturated/α-hetero) is 1. The van der Waals surface area contributed by atoms with Crippen LogP contribution in [0.3, 0.4) is 0 Å². The summed E-state index contributed by atoms with van der Waals surface area (Å²) in [6.45, 7) is 2.04. The molecule has 44 valence electrons. The maximum atomic E-state index is 9.98. The van der Waals surface area contributed by atoms with Gasteiger partial charge < -0.3 is 5.32 Å². The van der Waals surface area contributed by atoms with E-state index in [4.69, 9.17) is 0 Å². The Morgan fingerprint density at radius 2 is 2.14 bits per heavy atom. The zero-order chi connectivity index (χ0) is 4.99. The van der Waals surface area contributed by atoms with Crippen LogP contribution in [0.15, 0.2) is 0 Å². The number of carbonyl (C=O) groups is 1. The number of hydrogen-bond acceptors (Lipinski definition) is 2. The molecule has 0 aliphatic heterocycles. The highest BCUT2D eigenvalue weighted by Gasteiger charge is 1.82. The van der Waals surface area contributed by atoms with Crippen LogP contribution in [0, 0.1) is 0 Å². The molecule has 0 spiro atoms. The molecule has 0 aromatic rings. The lowest BCUT2D eigenvalue weighted by molar-refractivity contribution is -0.116. The molecule has 0 aliphatic carbocycles. The predicted molar refractivity (Wildman–Crippen MR) is 31.3 cm³/mol. The number of nitrogens with one attached hydrogen (secondary N) is 1. The molecule has 0 radical (unpaired) electrons. The fourth-order valence-electron chi connectivity index (χ4n) is 0.249. The van der Waals surface area contributed by atoms with E-state index in [1.807, 2.05) is 0 Å². The van der Waals surface area contributed by atoms with Crippen molar-refractivity contribution in [3.05, 3.63) is 0 Å². The quantitative estimate of drug-likeness (QED) is 0.549. The van der Waals surface area contributed by atoms with Gasteiger partial charge in [-0.15, -0.1) is 0 Å². The first-order valence-corrected chi connectivity index (χ1v) is 1.91. The highest BCUT2D eigenvalue weighted by molar-refractivity contribution is 5.77. The van der Waals surface area contributed by atoms with Gasteiger partial charge in [0.15, 0.2) is 0 Å². The van der Waals surface area contributed by atoms with Crippen LogP contribution in [0.2, 0.25) is 0 Å². The Morgan fingerprint density at radius 1 is 1.71 bits per heavy atom. The third-order valence-corrected chi connectivity index (χ3v) is 0.426. The van der Waals surface area contributed by atoms with E-state index >= 15 is 0 Å². The minimum atomic E-state index is 0. The summed E-state index contributed by atoms with van der Waals surface area (Å²) in [5, 5.41) is 2.72. The Labute approximate surface area is 44.9 Å². The van der Waals surface area contributed by atoms with E-state index in [1.54, 1.807) is 14.0 Å². The summed E-state index contributed by atoms with van der Waals surface area (Å²) in [7, 11) is 1.75. The molecular weight excluding hydrogens is 90.1 g/mol. The van der Waals surface area contributed by atoms with Gasteiger partial charge in [-0.05, 0) is 14.0 Å². The Morgan fingerprint density at radius 3 is 2.14 bits per heavy atom. The van der Waals surface area contributed by atoms with E-state index < -0.39 is 0 Å². The van der Waals surface area contributed by atoms with Gasteiger partial charge in [-0.3, -0.25) is 4.79 Å². The molecule has 0 amide bonds. The lowest BCUT2D eigenvalue weighted by Gasteiger charge is -1.85. The first-order valence-electron chi connectivity index (χ1n) is 1.91. The topological polar surface area (TPSA) is 29.1 Å². The molecule has 0 heterocycles. The average molecular weight is 103 g/mol. The number of likely N-dealkylation sites (N-methyl/N-ethyl adjacent to an activating group) is 1. The Bertz CT molecular complexity index is 52.0. The maximum Gasteiger partial charge on any atom is 0.143 e. The molecule has 0 fully saturated rings. The van der Waals surface area contributed by atoms with Crippen LogP contribution >= 0.6 is 0 Å². The third kappa shape index (κ3) is 10.7. The number of rotatable bonds is 2. The molecule has 0 saturated heterocycles. The van der Waals surface area contributed by atoms with Gasteiger partial charge in [0.05, 0.1) is 6.54 Å². The van der Waals surface area contributed by atoms with Crippen molar-refractivity contribution in [3.63, 3.8) is 0 Å². The summed E-state index contributed by atoms with van der Waals surface area (Å²) in [6.07, 6.45) is 0. The van der Waals surface area contributed by atoms with Gasteiger partial charge in [-0.1, -0.05) is 7.43 Å². The molecule has 0 aromatic heterocycles. The second kappa shape index (κ2) is 5.63. The highest BCUT2D eigenvalue weighted by atomic mass is 16.1. The molecule has 0 bridgehead atoms. The smallest absolute Gasteiger partial charge is 0.143 e. The van der Waals surface area contributed by atoms with E-state index in [-0.39, 0.29) is 13.2 Å². The Balaban J connectivity index is 0. The van der Waals surface area contributed by atoms with Crippen molar-refractivity contribution in [1.82, 2.24) is 5.32 Å². The highest BCUT2D eigenvalue weighted by Crippen LogP contribution is 1.57. The Hall–Kier alpha value is -0.370. The summed E-state index contributed by atoms with van der Waals surface area (Å²) in [5.74, 6) is 0.178. The molecule has 0 aromatic carbocycles. The fourth-order valence-corrected chi connectivity index (χ4v) is 0.249. The molecule has 2 heteroatoms. The zero-order valence-corrected chi connectivity index (χ0v) is 4.12. The van der Waals surface area contributed by atoms with Crippen molar-refractivity contribution in [2.45, 2.75) is 14.4 Å². The van der Waals surface area contributed by atoms with Crippen molar-refractivity contribution in [1.29, 1.82) is 0 Å². The van der Waals surface area contributed by atoms with Crippen molar-refractivity contribution >= 4 is 5.78 Å². The summed E-state index contributed by atoms with van der Waals surface area (Å²) in [5.41, 5.74) is 0. The molecular formula is C5H13NO. The standard InChI is InChI=1S/C4H9NO.CH4/c1-4(6)3-5-2;/h5H,3H2,1-2H3;1H4. The summed E-state index contributed by atoms with van der Waals surface area (Å²) >= 11 is 0. The molecule has 0 unspecified atom stereocenters. The summed E-state index contributed by atoms with van der Waals surface area (Å²) in [4.78, 5) is 9.98. The van der Waals surface area contributed by atoms with E-state index in [1.165, 1.54) is 0 Å². The monoisotopic (exact) mass is 103 g/mol. The second-order valence-electron chi connectivity index (χ2n) is 1.23. The molecule has 0 atom stereocenters. The zero-order valence-electron chi connectivity index (χ0n) is 4.12. The first kappa shape index (κ1) is 9.80. The lowest BCUT2D eigenvalue weighted by Crippen LogP contribution is -2.14. The van der Waals surface area contributed by atoms with Crippen molar-refractivity contribution < 1.29 is 4.79 Å². The molecule has 7 heavy (non-hydrogen) atoms.